The third kappa shape index (κ3) is 5.91. The Bertz CT molecular complexity index is 1870. The van der Waals surface area contributed by atoms with Crippen molar-refractivity contribution in [3.63, 3.8) is 0 Å². The van der Waals surface area contributed by atoms with Crippen molar-refractivity contribution in [2.24, 2.45) is 0 Å². The molecule has 4 aromatic rings. The largest absolute Gasteiger partial charge is 0.493 e. The van der Waals surface area contributed by atoms with E-state index in [0.29, 0.717) is 40.9 Å². The average Bonchev–Trinajstić information content (AvgIpc) is 3.58. The minimum absolute atomic E-state index is 0.0130. The summed E-state index contributed by atoms with van der Waals surface area (Å²) in [6.07, 6.45) is 0. The molecule has 6 rings (SSSR count). The Labute approximate surface area is 296 Å². The molecule has 4 aromatic carbocycles. The van der Waals surface area contributed by atoms with Gasteiger partial charge in [0, 0.05) is 32.3 Å². The predicted octanol–water partition coefficient (Wildman–Crippen LogP) is 8.63. The molecule has 2 aliphatic rings. The van der Waals surface area contributed by atoms with Crippen molar-refractivity contribution in [1.29, 1.82) is 0 Å². The zero-order valence-corrected chi connectivity index (χ0v) is 29.3. The minimum Gasteiger partial charge on any atom is -0.493 e. The van der Waals surface area contributed by atoms with Gasteiger partial charge >= 0.3 is 0 Å². The summed E-state index contributed by atoms with van der Waals surface area (Å²) in [6.45, 7) is 4.04. The van der Waals surface area contributed by atoms with E-state index in [1.165, 1.54) is 47.8 Å². The number of halogens is 4. The number of amides is 2. The minimum atomic E-state index is -1.45. The third-order valence-electron chi connectivity index (χ3n) is 8.41. The van der Waals surface area contributed by atoms with E-state index < -0.39 is 21.4 Å². The molecule has 250 valence electrons. The van der Waals surface area contributed by atoms with Gasteiger partial charge in [0.2, 0.25) is 11.8 Å². The van der Waals surface area contributed by atoms with Crippen molar-refractivity contribution >= 4 is 58.5 Å². The van der Waals surface area contributed by atoms with Crippen LogP contribution >= 0.6 is 46.7 Å². The lowest BCUT2D eigenvalue weighted by Crippen LogP contribution is -2.61. The summed E-state index contributed by atoms with van der Waals surface area (Å²) in [7, 11) is 0. The summed E-state index contributed by atoms with van der Waals surface area (Å²) in [5, 5.41) is 0.535. The first-order valence-electron chi connectivity index (χ1n) is 15.4. The van der Waals surface area contributed by atoms with E-state index in [4.69, 9.17) is 32.7 Å². The van der Waals surface area contributed by atoms with Gasteiger partial charge in [0.1, 0.15) is 23.1 Å². The van der Waals surface area contributed by atoms with Crippen molar-refractivity contribution in [3.05, 3.63) is 129 Å². The van der Waals surface area contributed by atoms with Gasteiger partial charge in [-0.05, 0) is 56.3 Å². The van der Waals surface area contributed by atoms with Crippen LogP contribution in [-0.4, -0.2) is 46.3 Å². The van der Waals surface area contributed by atoms with Crippen molar-refractivity contribution < 1.29 is 27.8 Å². The Balaban J connectivity index is 1.71. The second-order valence-electron chi connectivity index (χ2n) is 11.2. The van der Waals surface area contributed by atoms with Gasteiger partial charge in [-0.3, -0.25) is 9.59 Å². The fourth-order valence-corrected chi connectivity index (χ4v) is 10.3. The molecule has 2 aliphatic heterocycles. The first-order chi connectivity index (χ1) is 23.2. The maximum atomic E-state index is 15.6. The summed E-state index contributed by atoms with van der Waals surface area (Å²) in [5.41, 5.74) is 1.64. The molecule has 48 heavy (non-hydrogen) atoms. The normalized spacial score (nSPS) is 20.9. The molecule has 2 saturated heterocycles. The number of rotatable bonds is 11. The van der Waals surface area contributed by atoms with Crippen molar-refractivity contribution in [3.8, 4) is 11.5 Å². The molecule has 2 atom stereocenters. The van der Waals surface area contributed by atoms with Gasteiger partial charge in [0.05, 0.1) is 37.8 Å². The summed E-state index contributed by atoms with van der Waals surface area (Å²) in [6, 6.07) is 23.3. The number of carbonyl (C=O) groups is 2. The molecule has 0 aromatic heterocycles. The Morgan fingerprint density at radius 2 is 1.15 bits per heavy atom. The number of benzene rings is 4. The van der Waals surface area contributed by atoms with Gasteiger partial charge in [-0.1, -0.05) is 65.7 Å². The topological polar surface area (TPSA) is 59.1 Å². The highest BCUT2D eigenvalue weighted by atomic mass is 35.5. The van der Waals surface area contributed by atoms with Gasteiger partial charge in [0.15, 0.2) is 9.74 Å². The molecule has 0 aliphatic carbocycles. The molecule has 6 nitrogen and oxygen atoms in total. The number of hydrogen-bond donors (Lipinski definition) is 0. The van der Waals surface area contributed by atoms with E-state index in [-0.39, 0.29) is 52.6 Å². The molecule has 0 radical (unpaired) electrons. The van der Waals surface area contributed by atoms with Crippen molar-refractivity contribution in [2.45, 2.75) is 36.7 Å². The van der Waals surface area contributed by atoms with Gasteiger partial charge in [-0.15, -0.1) is 23.5 Å². The van der Waals surface area contributed by atoms with Crippen LogP contribution in [-0.2, 0) is 32.4 Å². The standard InChI is InChI=1S/C36H32Cl2F2N2O4S2/c1-3-45-31-11-7-5-9-27(31)35(41(33(43)21-47-35)19-23-13-14-26(38)18-30(23)40)36(28-10-6-8-12-32(28)46-4-2)42(34(44)22-48-36)20-24-17-25(37)15-16-29(24)39/h5-18H,3-4,19-22H2,1-2H3. The summed E-state index contributed by atoms with van der Waals surface area (Å²) < 4.78 is 43.5. The quantitative estimate of drug-likeness (QED) is 0.154. The van der Waals surface area contributed by atoms with Gasteiger partial charge in [0.25, 0.3) is 0 Å². The first-order valence-corrected chi connectivity index (χ1v) is 18.1. The van der Waals surface area contributed by atoms with Crippen LogP contribution in [0.25, 0.3) is 0 Å². The molecule has 2 heterocycles. The van der Waals surface area contributed by atoms with Crippen LogP contribution in [0.1, 0.15) is 36.1 Å². The zero-order chi connectivity index (χ0) is 34.1. The second-order valence-corrected chi connectivity index (χ2v) is 14.4. The number of ether oxygens (including phenoxy) is 2. The lowest BCUT2D eigenvalue weighted by Gasteiger charge is -2.54. The molecule has 2 amide bonds. The van der Waals surface area contributed by atoms with E-state index >= 15 is 8.78 Å². The Morgan fingerprint density at radius 3 is 1.67 bits per heavy atom. The van der Waals surface area contributed by atoms with Crippen LogP contribution in [0.15, 0.2) is 84.9 Å². The molecule has 12 heteroatoms. The van der Waals surface area contributed by atoms with E-state index in [9.17, 15) is 9.59 Å². The van der Waals surface area contributed by atoms with E-state index in [1.54, 1.807) is 21.9 Å². The molecular formula is C36H32Cl2F2N2O4S2. The first kappa shape index (κ1) is 34.4. The Morgan fingerprint density at radius 1 is 0.667 bits per heavy atom. The predicted molar refractivity (Wildman–Crippen MR) is 187 cm³/mol. The number of thioether (sulfide) groups is 2. The van der Waals surface area contributed by atoms with E-state index in [2.05, 4.69) is 0 Å². The fraction of sp³-hybridized carbons (Fsp3) is 0.278. The molecular weight excluding hydrogens is 697 g/mol. The highest BCUT2D eigenvalue weighted by molar-refractivity contribution is 8.05. The zero-order valence-electron chi connectivity index (χ0n) is 26.2. The van der Waals surface area contributed by atoms with Gasteiger partial charge < -0.3 is 19.3 Å². The number of para-hydroxylation sites is 2. The summed E-state index contributed by atoms with van der Waals surface area (Å²) in [4.78, 5) is 28.9. The summed E-state index contributed by atoms with van der Waals surface area (Å²) in [5.74, 6) is -0.651. The maximum Gasteiger partial charge on any atom is 0.234 e. The molecule has 0 N–H and O–H groups in total. The smallest absolute Gasteiger partial charge is 0.234 e. The molecule has 0 saturated carbocycles. The third-order valence-corrected chi connectivity index (χ3v) is 12.1. The van der Waals surface area contributed by atoms with Crippen LogP contribution in [0.2, 0.25) is 10.0 Å². The molecule has 0 spiro atoms. The Hall–Kier alpha value is -3.44. The lowest BCUT2D eigenvalue weighted by molar-refractivity contribution is -0.141. The van der Waals surface area contributed by atoms with Crippen LogP contribution < -0.4 is 9.47 Å². The van der Waals surface area contributed by atoms with Gasteiger partial charge in [-0.25, -0.2) is 8.78 Å². The maximum absolute atomic E-state index is 15.6. The van der Waals surface area contributed by atoms with Crippen molar-refractivity contribution in [1.82, 2.24) is 9.80 Å². The van der Waals surface area contributed by atoms with E-state index in [0.717, 1.165) is 0 Å². The van der Waals surface area contributed by atoms with Crippen LogP contribution in [0, 0.1) is 11.6 Å². The lowest BCUT2D eigenvalue weighted by atomic mass is 9.86. The number of nitrogens with zero attached hydrogens (tertiary/aromatic N) is 2. The van der Waals surface area contributed by atoms with Crippen LogP contribution in [0.5, 0.6) is 11.5 Å². The Kier molecular flexibility index (Phi) is 10.2. The highest BCUT2D eigenvalue weighted by Gasteiger charge is 2.69. The molecule has 2 unspecified atom stereocenters. The monoisotopic (exact) mass is 728 g/mol. The highest BCUT2D eigenvalue weighted by Crippen LogP contribution is 2.68. The van der Waals surface area contributed by atoms with E-state index in [1.807, 2.05) is 62.4 Å². The number of hydrogen-bond acceptors (Lipinski definition) is 6. The fourth-order valence-electron chi connectivity index (χ4n) is 6.48. The molecule has 0 bridgehead atoms. The second kappa shape index (κ2) is 14.2. The van der Waals surface area contributed by atoms with Gasteiger partial charge in [-0.2, -0.15) is 0 Å². The molecule has 2 fully saturated rings. The number of carbonyl (C=O) groups excluding carboxylic acids is 2. The SMILES string of the molecule is CCOc1ccccc1C1(C2(c3ccccc3OCC)SCC(=O)N2Cc2cc(Cl)ccc2F)SCC(=O)N1Cc1ccc(Cl)cc1F. The van der Waals surface area contributed by atoms with Crippen LogP contribution in [0.3, 0.4) is 0 Å². The summed E-state index contributed by atoms with van der Waals surface area (Å²) >= 11 is 15.1. The van der Waals surface area contributed by atoms with Crippen LogP contribution in [0.4, 0.5) is 8.78 Å². The van der Waals surface area contributed by atoms with Crippen molar-refractivity contribution in [2.75, 3.05) is 24.7 Å². The average molecular weight is 730 g/mol.